The lowest BCUT2D eigenvalue weighted by Gasteiger charge is -2.31. The summed E-state index contributed by atoms with van der Waals surface area (Å²) in [7, 11) is 1.80. The van der Waals surface area contributed by atoms with Crippen molar-refractivity contribution in [3.63, 3.8) is 0 Å². The lowest BCUT2D eigenvalue weighted by atomic mass is 9.94. The van der Waals surface area contributed by atoms with E-state index in [9.17, 15) is 19.5 Å². The van der Waals surface area contributed by atoms with E-state index in [1.165, 1.54) is 18.6 Å². The number of carbonyl (C=O) groups is 3. The number of alkyl carbamates (subject to hydrolysis) is 1. The fraction of sp³-hybridized carbons (Fsp3) is 0.483. The number of benzene rings is 2. The van der Waals surface area contributed by atoms with E-state index in [1.54, 1.807) is 63.1 Å². The van der Waals surface area contributed by atoms with Crippen molar-refractivity contribution in [2.45, 2.75) is 70.9 Å². The number of hydrogen-bond acceptors (Lipinski definition) is 6. The van der Waals surface area contributed by atoms with Gasteiger partial charge in [-0.25, -0.2) is 4.79 Å². The van der Waals surface area contributed by atoms with Gasteiger partial charge < -0.3 is 30.1 Å². The van der Waals surface area contributed by atoms with Crippen molar-refractivity contribution in [2.75, 3.05) is 25.5 Å². The number of rotatable bonds is 9. The molecular formula is C29H39N3O6. The summed E-state index contributed by atoms with van der Waals surface area (Å²) in [6.45, 7) is 6.01. The smallest absolute Gasteiger partial charge is 0.407 e. The van der Waals surface area contributed by atoms with Crippen LogP contribution in [0.3, 0.4) is 0 Å². The molecule has 1 saturated carbocycles. The van der Waals surface area contributed by atoms with Crippen molar-refractivity contribution in [3.8, 4) is 11.5 Å². The summed E-state index contributed by atoms with van der Waals surface area (Å²) in [5, 5.41) is 15.9. The molecule has 0 saturated heterocycles. The van der Waals surface area contributed by atoms with Crippen LogP contribution in [0.15, 0.2) is 42.5 Å². The first-order valence-corrected chi connectivity index (χ1v) is 13.2. The van der Waals surface area contributed by atoms with Crippen LogP contribution in [0.2, 0.25) is 0 Å². The van der Waals surface area contributed by atoms with Crippen LogP contribution < -0.4 is 15.4 Å². The van der Waals surface area contributed by atoms with E-state index in [0.717, 1.165) is 25.7 Å². The average molecular weight is 526 g/mol. The number of anilines is 1. The van der Waals surface area contributed by atoms with E-state index in [1.807, 2.05) is 0 Å². The quantitative estimate of drug-likeness (QED) is 0.300. The second-order valence-corrected chi connectivity index (χ2v) is 10.5. The molecule has 2 aromatic rings. The Morgan fingerprint density at radius 3 is 2.45 bits per heavy atom. The minimum atomic E-state index is -0.567. The fourth-order valence-corrected chi connectivity index (χ4v) is 4.34. The summed E-state index contributed by atoms with van der Waals surface area (Å²) in [6, 6.07) is 11.5. The van der Waals surface area contributed by atoms with Gasteiger partial charge in [0.25, 0.3) is 11.8 Å². The molecule has 3 rings (SSSR count). The number of phenols is 1. The highest BCUT2D eigenvalue weighted by Crippen LogP contribution is 2.28. The number of aromatic hydroxyl groups is 1. The SMILES string of the molecule is CN(C(=O)c1ccc(NC(=O)c2ccccc2OCCCNC(=O)OC(C)(C)C)c(O)c1)C1CCCCC1. The summed E-state index contributed by atoms with van der Waals surface area (Å²) >= 11 is 0. The minimum Gasteiger partial charge on any atom is -0.506 e. The molecule has 206 valence electrons. The largest absolute Gasteiger partial charge is 0.506 e. The third kappa shape index (κ3) is 8.39. The molecule has 1 aliphatic carbocycles. The van der Waals surface area contributed by atoms with Gasteiger partial charge >= 0.3 is 6.09 Å². The molecule has 1 aliphatic rings. The molecule has 0 aliphatic heterocycles. The van der Waals surface area contributed by atoms with Crippen molar-refractivity contribution < 1.29 is 29.0 Å². The van der Waals surface area contributed by atoms with E-state index >= 15 is 0 Å². The Kier molecular flexibility index (Phi) is 9.98. The molecule has 3 N–H and O–H groups in total. The van der Waals surface area contributed by atoms with Crippen LogP contribution in [0, 0.1) is 0 Å². The third-order valence-electron chi connectivity index (χ3n) is 6.31. The molecule has 0 aromatic heterocycles. The molecule has 9 nitrogen and oxygen atoms in total. The molecule has 1 fully saturated rings. The van der Waals surface area contributed by atoms with Gasteiger partial charge in [-0.3, -0.25) is 9.59 Å². The van der Waals surface area contributed by atoms with Crippen LogP contribution in [0.5, 0.6) is 11.5 Å². The van der Waals surface area contributed by atoms with Crippen LogP contribution in [-0.4, -0.2) is 59.8 Å². The van der Waals surface area contributed by atoms with Crippen LogP contribution in [0.1, 0.15) is 80.0 Å². The minimum absolute atomic E-state index is 0.148. The zero-order chi connectivity index (χ0) is 27.7. The van der Waals surface area contributed by atoms with Crippen molar-refractivity contribution in [2.24, 2.45) is 0 Å². The summed E-state index contributed by atoms with van der Waals surface area (Å²) in [6.07, 6.45) is 5.44. The predicted molar refractivity (Wildman–Crippen MR) is 146 cm³/mol. The van der Waals surface area contributed by atoms with Crippen LogP contribution in [-0.2, 0) is 4.74 Å². The molecule has 2 aromatic carbocycles. The first kappa shape index (κ1) is 28.8. The lowest BCUT2D eigenvalue weighted by molar-refractivity contribution is 0.0525. The van der Waals surface area contributed by atoms with Crippen molar-refractivity contribution >= 4 is 23.6 Å². The molecule has 0 bridgehead atoms. The van der Waals surface area contributed by atoms with Crippen molar-refractivity contribution in [3.05, 3.63) is 53.6 Å². The fourth-order valence-electron chi connectivity index (χ4n) is 4.34. The van der Waals surface area contributed by atoms with E-state index in [0.29, 0.717) is 29.8 Å². The number of ether oxygens (including phenoxy) is 2. The highest BCUT2D eigenvalue weighted by molar-refractivity contribution is 6.07. The Bertz CT molecular complexity index is 1120. The first-order valence-electron chi connectivity index (χ1n) is 13.2. The van der Waals surface area contributed by atoms with Gasteiger partial charge in [0.05, 0.1) is 17.9 Å². The summed E-state index contributed by atoms with van der Waals surface area (Å²) in [5.74, 6) is -0.415. The average Bonchev–Trinajstić information content (AvgIpc) is 2.88. The monoisotopic (exact) mass is 525 g/mol. The molecule has 0 spiro atoms. The number of nitrogens with zero attached hydrogens (tertiary/aromatic N) is 1. The number of para-hydroxylation sites is 1. The van der Waals surface area contributed by atoms with Crippen molar-refractivity contribution in [1.82, 2.24) is 10.2 Å². The summed E-state index contributed by atoms with van der Waals surface area (Å²) in [4.78, 5) is 39.4. The van der Waals surface area contributed by atoms with Crippen LogP contribution in [0.25, 0.3) is 0 Å². The van der Waals surface area contributed by atoms with Gasteiger partial charge in [-0.2, -0.15) is 0 Å². The maximum absolute atomic E-state index is 13.0. The standard InChI is InChI=1S/C29H39N3O6/c1-29(2,3)38-28(36)30-17-10-18-37-25-14-9-8-13-22(25)26(34)31-23-16-15-20(19-24(23)33)27(35)32(4)21-11-6-5-7-12-21/h8-9,13-16,19,21,33H,5-7,10-12,17-18H2,1-4H3,(H,30,36)(H,31,34). The Balaban J connectivity index is 1.55. The van der Waals surface area contributed by atoms with E-state index in [4.69, 9.17) is 9.47 Å². The second kappa shape index (κ2) is 13.2. The zero-order valence-electron chi connectivity index (χ0n) is 22.7. The van der Waals surface area contributed by atoms with Crippen LogP contribution >= 0.6 is 0 Å². The molecule has 3 amide bonds. The molecule has 0 heterocycles. The van der Waals surface area contributed by atoms with E-state index < -0.39 is 17.6 Å². The Morgan fingerprint density at radius 2 is 1.76 bits per heavy atom. The molecule has 9 heteroatoms. The van der Waals surface area contributed by atoms with Gasteiger partial charge in [0.15, 0.2) is 0 Å². The van der Waals surface area contributed by atoms with E-state index in [2.05, 4.69) is 10.6 Å². The first-order chi connectivity index (χ1) is 18.0. The Hall–Kier alpha value is -3.75. The van der Waals surface area contributed by atoms with Gasteiger partial charge in [-0.05, 0) is 70.4 Å². The highest BCUT2D eigenvalue weighted by atomic mass is 16.6. The highest BCUT2D eigenvalue weighted by Gasteiger charge is 2.24. The van der Waals surface area contributed by atoms with Gasteiger partial charge in [0.1, 0.15) is 17.1 Å². The topological polar surface area (TPSA) is 117 Å². The molecular weight excluding hydrogens is 486 g/mol. The van der Waals surface area contributed by atoms with Crippen molar-refractivity contribution in [1.29, 1.82) is 0 Å². The summed E-state index contributed by atoms with van der Waals surface area (Å²) < 4.78 is 11.0. The normalized spacial score (nSPS) is 13.9. The number of hydrogen-bond donors (Lipinski definition) is 3. The predicted octanol–water partition coefficient (Wildman–Crippen LogP) is 5.34. The van der Waals surface area contributed by atoms with Gasteiger partial charge in [-0.1, -0.05) is 31.4 Å². The number of nitrogens with one attached hydrogen (secondary N) is 2. The maximum Gasteiger partial charge on any atom is 0.407 e. The molecule has 38 heavy (non-hydrogen) atoms. The number of amides is 3. The van der Waals surface area contributed by atoms with E-state index in [-0.39, 0.29) is 30.0 Å². The zero-order valence-corrected chi connectivity index (χ0v) is 22.7. The number of carbonyl (C=O) groups excluding carboxylic acids is 3. The van der Waals surface area contributed by atoms with Gasteiger partial charge in [0, 0.05) is 25.2 Å². The van der Waals surface area contributed by atoms with Gasteiger partial charge in [0.2, 0.25) is 0 Å². The Morgan fingerprint density at radius 1 is 1.05 bits per heavy atom. The molecule has 0 atom stereocenters. The third-order valence-corrected chi connectivity index (χ3v) is 6.31. The molecule has 0 radical (unpaired) electrons. The Labute approximate surface area is 224 Å². The lowest BCUT2D eigenvalue weighted by Crippen LogP contribution is -2.38. The number of phenolic OH excluding ortho intramolecular Hbond substituents is 1. The summed E-state index contributed by atoms with van der Waals surface area (Å²) in [5.41, 5.74) is 0.298. The molecule has 0 unspecified atom stereocenters. The van der Waals surface area contributed by atoms with Gasteiger partial charge in [-0.15, -0.1) is 0 Å². The second-order valence-electron chi connectivity index (χ2n) is 10.5. The van der Waals surface area contributed by atoms with Crippen LogP contribution in [0.4, 0.5) is 10.5 Å². The maximum atomic E-state index is 13.0.